The summed E-state index contributed by atoms with van der Waals surface area (Å²) in [5, 5.41) is 3.89. The number of ether oxygens (including phenoxy) is 2. The summed E-state index contributed by atoms with van der Waals surface area (Å²) in [7, 11) is -2.57. The number of hydrogen-bond acceptors (Lipinski definition) is 7. The topological polar surface area (TPSA) is 140 Å². The average molecular weight is 497 g/mol. The van der Waals surface area contributed by atoms with E-state index in [1.165, 1.54) is 37.6 Å². The first-order valence-corrected chi connectivity index (χ1v) is 11.8. The van der Waals surface area contributed by atoms with E-state index in [1.807, 2.05) is 0 Å². The van der Waals surface area contributed by atoms with Crippen LogP contribution in [0.5, 0.6) is 11.5 Å². The highest BCUT2D eigenvalue weighted by Crippen LogP contribution is 2.24. The Morgan fingerprint density at radius 3 is 2.20 bits per heavy atom. The van der Waals surface area contributed by atoms with Crippen LogP contribution in [0.25, 0.3) is 0 Å². The minimum atomic E-state index is -4.05. The Labute approximate surface area is 203 Å². The molecule has 3 aromatic rings. The second-order valence-electron chi connectivity index (χ2n) is 7.14. The Hall–Kier alpha value is -4.38. The molecule has 11 heteroatoms. The minimum absolute atomic E-state index is 0.0112. The molecule has 3 N–H and O–H groups in total. The first-order valence-electron chi connectivity index (χ1n) is 10.3. The van der Waals surface area contributed by atoms with Crippen LogP contribution < -0.4 is 24.9 Å². The molecule has 10 nitrogen and oxygen atoms in total. The summed E-state index contributed by atoms with van der Waals surface area (Å²) < 4.78 is 37.9. The summed E-state index contributed by atoms with van der Waals surface area (Å²) >= 11 is 0. The van der Waals surface area contributed by atoms with Gasteiger partial charge in [0.25, 0.3) is 21.8 Å². The van der Waals surface area contributed by atoms with Crippen LogP contribution in [0.2, 0.25) is 0 Å². The van der Waals surface area contributed by atoms with Gasteiger partial charge in [0.1, 0.15) is 18.0 Å². The number of nitrogens with zero attached hydrogens (tertiary/aromatic N) is 2. The van der Waals surface area contributed by atoms with E-state index in [4.69, 9.17) is 15.2 Å². The third-order valence-corrected chi connectivity index (χ3v) is 6.43. The number of carbonyl (C=O) groups excluding carboxylic acids is 2. The van der Waals surface area contributed by atoms with Crippen molar-refractivity contribution < 1.29 is 27.5 Å². The van der Waals surface area contributed by atoms with E-state index in [0.717, 1.165) is 4.31 Å². The Morgan fingerprint density at radius 2 is 1.60 bits per heavy atom. The maximum Gasteiger partial charge on any atom is 0.264 e. The molecule has 0 aliphatic carbocycles. The number of methoxy groups -OCH3 is 1. The first kappa shape index (κ1) is 25.2. The van der Waals surface area contributed by atoms with Gasteiger partial charge in [-0.15, -0.1) is 0 Å². The van der Waals surface area contributed by atoms with Crippen LogP contribution in [0.4, 0.5) is 5.69 Å². The molecule has 0 bridgehead atoms. The Kier molecular flexibility index (Phi) is 8.41. The quantitative estimate of drug-likeness (QED) is 0.307. The highest BCUT2D eigenvalue weighted by molar-refractivity contribution is 7.92. The number of sulfonamides is 1. The minimum Gasteiger partial charge on any atom is -0.497 e. The normalized spacial score (nSPS) is 11.1. The zero-order chi connectivity index (χ0) is 25.3. The van der Waals surface area contributed by atoms with Gasteiger partial charge in [0.05, 0.1) is 23.9 Å². The summed E-state index contributed by atoms with van der Waals surface area (Å²) in [5.74, 6) is -0.262. The lowest BCUT2D eigenvalue weighted by molar-refractivity contribution is -0.120. The molecule has 0 radical (unpaired) electrons. The summed E-state index contributed by atoms with van der Waals surface area (Å²) in [6, 6.07) is 20.7. The highest BCUT2D eigenvalue weighted by atomic mass is 32.2. The molecule has 0 saturated heterocycles. The van der Waals surface area contributed by atoms with E-state index in [2.05, 4.69) is 10.5 Å². The van der Waals surface area contributed by atoms with Crippen molar-refractivity contribution >= 4 is 33.7 Å². The van der Waals surface area contributed by atoms with Crippen LogP contribution in [-0.4, -0.2) is 46.7 Å². The van der Waals surface area contributed by atoms with Crippen molar-refractivity contribution in [3.8, 4) is 11.5 Å². The lowest BCUT2D eigenvalue weighted by atomic mass is 10.2. The molecule has 0 aliphatic heterocycles. The summed E-state index contributed by atoms with van der Waals surface area (Å²) in [6.45, 7) is -0.726. The molecular weight excluding hydrogens is 472 g/mol. The molecule has 0 aromatic heterocycles. The second-order valence-corrected chi connectivity index (χ2v) is 9.00. The molecule has 3 aromatic carbocycles. The maximum absolute atomic E-state index is 13.3. The van der Waals surface area contributed by atoms with Crippen LogP contribution in [0, 0.1) is 0 Å². The fourth-order valence-electron chi connectivity index (χ4n) is 2.93. The molecule has 0 aliphatic rings. The molecule has 35 heavy (non-hydrogen) atoms. The van der Waals surface area contributed by atoms with E-state index < -0.39 is 28.4 Å². The fourth-order valence-corrected chi connectivity index (χ4v) is 4.35. The van der Waals surface area contributed by atoms with Gasteiger partial charge in [-0.2, -0.15) is 5.10 Å². The van der Waals surface area contributed by atoms with Crippen LogP contribution in [0.3, 0.4) is 0 Å². The first-order chi connectivity index (χ1) is 16.8. The summed E-state index contributed by atoms with van der Waals surface area (Å²) in [6.07, 6.45) is 1.39. The third-order valence-electron chi connectivity index (χ3n) is 4.64. The van der Waals surface area contributed by atoms with Gasteiger partial charge >= 0.3 is 0 Å². The lowest BCUT2D eigenvalue weighted by Gasteiger charge is -2.23. The number of primary amides is 1. The number of carbonyl (C=O) groups is 2. The fraction of sp³-hybridized carbons (Fsp3) is 0.125. The maximum atomic E-state index is 13.3. The molecule has 0 fully saturated rings. The average Bonchev–Trinajstić information content (AvgIpc) is 2.87. The molecule has 3 rings (SSSR count). The monoisotopic (exact) mass is 496 g/mol. The number of benzene rings is 3. The SMILES string of the molecule is COc1ccc(S(=O)(=O)N(CC(=O)N/N=C/c2ccc(OCC(N)=O)cc2)c2ccccc2)cc1. The van der Waals surface area contributed by atoms with Crippen LogP contribution in [0.1, 0.15) is 5.56 Å². The number of nitrogens with two attached hydrogens (primary N) is 1. The van der Waals surface area contributed by atoms with Crippen molar-refractivity contribution in [2.45, 2.75) is 4.90 Å². The molecule has 0 heterocycles. The van der Waals surface area contributed by atoms with E-state index in [9.17, 15) is 18.0 Å². The molecule has 0 spiro atoms. The third kappa shape index (κ3) is 7.05. The van der Waals surface area contributed by atoms with Crippen molar-refractivity contribution in [2.24, 2.45) is 10.8 Å². The summed E-state index contributed by atoms with van der Waals surface area (Å²) in [4.78, 5) is 23.4. The lowest BCUT2D eigenvalue weighted by Crippen LogP contribution is -2.39. The highest BCUT2D eigenvalue weighted by Gasteiger charge is 2.27. The number of para-hydroxylation sites is 1. The van der Waals surface area contributed by atoms with Crippen molar-refractivity contribution in [3.63, 3.8) is 0 Å². The number of hydrogen-bond donors (Lipinski definition) is 2. The number of rotatable bonds is 11. The van der Waals surface area contributed by atoms with Gasteiger partial charge < -0.3 is 15.2 Å². The zero-order valence-corrected chi connectivity index (χ0v) is 19.6. The molecule has 2 amide bonds. The zero-order valence-electron chi connectivity index (χ0n) is 18.8. The Bertz CT molecular complexity index is 1280. The van der Waals surface area contributed by atoms with Crippen LogP contribution in [-0.2, 0) is 19.6 Å². The molecule has 0 unspecified atom stereocenters. The Morgan fingerprint density at radius 1 is 0.971 bits per heavy atom. The van der Waals surface area contributed by atoms with Gasteiger partial charge in [0.15, 0.2) is 6.61 Å². The number of hydrazone groups is 1. The number of nitrogens with one attached hydrogen (secondary N) is 1. The number of anilines is 1. The van der Waals surface area contributed by atoms with Gasteiger partial charge in [-0.05, 0) is 66.2 Å². The van der Waals surface area contributed by atoms with Gasteiger partial charge in [-0.3, -0.25) is 13.9 Å². The van der Waals surface area contributed by atoms with Crippen LogP contribution in [0.15, 0.2) is 88.9 Å². The molecule has 0 atom stereocenters. The number of amides is 2. The van der Waals surface area contributed by atoms with E-state index in [-0.39, 0.29) is 11.5 Å². The molecular formula is C24H24N4O6S. The van der Waals surface area contributed by atoms with Crippen molar-refractivity contribution in [1.29, 1.82) is 0 Å². The van der Waals surface area contributed by atoms with E-state index in [1.54, 1.807) is 54.6 Å². The molecule has 182 valence electrons. The predicted molar refractivity (Wildman–Crippen MR) is 131 cm³/mol. The van der Waals surface area contributed by atoms with Gasteiger partial charge in [-0.1, -0.05) is 18.2 Å². The second kappa shape index (κ2) is 11.7. The van der Waals surface area contributed by atoms with Crippen molar-refractivity contribution in [3.05, 3.63) is 84.4 Å². The van der Waals surface area contributed by atoms with E-state index in [0.29, 0.717) is 22.7 Å². The van der Waals surface area contributed by atoms with Gasteiger partial charge in [0, 0.05) is 0 Å². The van der Waals surface area contributed by atoms with E-state index >= 15 is 0 Å². The smallest absolute Gasteiger partial charge is 0.264 e. The van der Waals surface area contributed by atoms with Crippen LogP contribution >= 0.6 is 0 Å². The van der Waals surface area contributed by atoms with Gasteiger partial charge in [0.2, 0.25) is 0 Å². The Balaban J connectivity index is 1.71. The predicted octanol–water partition coefficient (Wildman–Crippen LogP) is 1.90. The van der Waals surface area contributed by atoms with Crippen molar-refractivity contribution in [2.75, 3.05) is 24.6 Å². The largest absolute Gasteiger partial charge is 0.497 e. The van der Waals surface area contributed by atoms with Gasteiger partial charge in [-0.25, -0.2) is 13.8 Å². The molecule has 0 saturated carbocycles. The van der Waals surface area contributed by atoms with Crippen molar-refractivity contribution in [1.82, 2.24) is 5.43 Å². The standard InChI is InChI=1S/C24H24N4O6S/c1-33-20-11-13-22(14-12-20)35(31,32)28(19-5-3-2-4-6-19)16-24(30)27-26-15-18-7-9-21(10-8-18)34-17-23(25)29/h2-15H,16-17H2,1H3,(H2,25,29)(H,27,30)/b26-15+. The summed E-state index contributed by atoms with van der Waals surface area (Å²) in [5.41, 5.74) is 8.34.